The third-order valence-corrected chi connectivity index (χ3v) is 1.58. The second-order valence-corrected chi connectivity index (χ2v) is 2.49. The van der Waals surface area contributed by atoms with Crippen LogP contribution in [0, 0.1) is 10.1 Å². The van der Waals surface area contributed by atoms with Gasteiger partial charge in [0.05, 0.1) is 7.05 Å². The zero-order chi connectivity index (χ0) is 10.0. The van der Waals surface area contributed by atoms with Gasteiger partial charge in [0.1, 0.15) is 12.6 Å². The van der Waals surface area contributed by atoms with Crippen LogP contribution in [0.15, 0.2) is 6.20 Å². The molecule has 7 nitrogen and oxygen atoms in total. The number of hydrogen-bond donors (Lipinski definition) is 1. The number of nitro groups is 1. The highest BCUT2D eigenvalue weighted by molar-refractivity contribution is 5.75. The smallest absolute Gasteiger partial charge is 0.342 e. The summed E-state index contributed by atoms with van der Waals surface area (Å²) < 4.78 is 1.23. The van der Waals surface area contributed by atoms with Gasteiger partial charge >= 0.3 is 5.82 Å². The van der Waals surface area contributed by atoms with E-state index >= 15 is 0 Å². The van der Waals surface area contributed by atoms with Crippen LogP contribution in [0.1, 0.15) is 5.82 Å². The number of nitrogens with two attached hydrogens (primary N) is 1. The molecule has 1 amide bonds. The van der Waals surface area contributed by atoms with Gasteiger partial charge in [0.25, 0.3) is 0 Å². The van der Waals surface area contributed by atoms with Crippen LogP contribution in [0.5, 0.6) is 0 Å². The third kappa shape index (κ3) is 1.81. The Bertz CT molecular complexity index is 357. The standard InChI is InChI=1S/C6H8N4O3/c1-9-5(2-4(7)11)8-3-6(9)10(12)13/h3H,2H2,1H3,(H2,7,11). The molecule has 1 aromatic heterocycles. The fraction of sp³-hybridized carbons (Fsp3) is 0.333. The average molecular weight is 184 g/mol. The van der Waals surface area contributed by atoms with Gasteiger partial charge in [-0.15, -0.1) is 0 Å². The number of carbonyl (C=O) groups excluding carboxylic acids is 1. The number of hydrogen-bond acceptors (Lipinski definition) is 4. The van der Waals surface area contributed by atoms with Gasteiger partial charge in [-0.2, -0.15) is 0 Å². The molecule has 0 saturated carbocycles. The average Bonchev–Trinajstić information content (AvgIpc) is 2.32. The number of primary amides is 1. The van der Waals surface area contributed by atoms with Gasteiger partial charge in [0.15, 0.2) is 0 Å². The van der Waals surface area contributed by atoms with Crippen LogP contribution >= 0.6 is 0 Å². The summed E-state index contributed by atoms with van der Waals surface area (Å²) in [4.78, 5) is 24.0. The Morgan fingerprint density at radius 3 is 2.85 bits per heavy atom. The van der Waals surface area contributed by atoms with E-state index in [1.165, 1.54) is 11.6 Å². The third-order valence-electron chi connectivity index (χ3n) is 1.58. The van der Waals surface area contributed by atoms with Crippen LogP contribution in [0.3, 0.4) is 0 Å². The minimum Gasteiger partial charge on any atom is -0.369 e. The highest BCUT2D eigenvalue weighted by Crippen LogP contribution is 2.11. The summed E-state index contributed by atoms with van der Waals surface area (Å²) >= 11 is 0. The zero-order valence-electron chi connectivity index (χ0n) is 6.93. The summed E-state index contributed by atoms with van der Waals surface area (Å²) in [5.41, 5.74) is 4.92. The maximum absolute atomic E-state index is 10.5. The topological polar surface area (TPSA) is 104 Å². The van der Waals surface area contributed by atoms with E-state index in [-0.39, 0.29) is 12.2 Å². The van der Waals surface area contributed by atoms with Crippen LogP contribution < -0.4 is 5.73 Å². The molecule has 0 bridgehead atoms. The number of rotatable bonds is 3. The molecule has 0 radical (unpaired) electrons. The molecule has 70 valence electrons. The first-order chi connectivity index (χ1) is 6.02. The predicted octanol–water partition coefficient (Wildman–Crippen LogP) is -0.644. The summed E-state index contributed by atoms with van der Waals surface area (Å²) in [5.74, 6) is -0.431. The number of imidazole rings is 1. The molecule has 0 spiro atoms. The second-order valence-electron chi connectivity index (χ2n) is 2.49. The van der Waals surface area contributed by atoms with Crippen molar-refractivity contribution in [3.63, 3.8) is 0 Å². The summed E-state index contributed by atoms with van der Waals surface area (Å²) in [6, 6.07) is 0. The Morgan fingerprint density at radius 1 is 1.85 bits per heavy atom. The zero-order valence-corrected chi connectivity index (χ0v) is 6.93. The SMILES string of the molecule is Cn1c([N+](=O)[O-])cnc1CC(N)=O. The molecule has 2 N–H and O–H groups in total. The van der Waals surface area contributed by atoms with Crippen LogP contribution in [0.25, 0.3) is 0 Å². The summed E-state index contributed by atoms with van der Waals surface area (Å²) in [6.07, 6.45) is 1.00. The monoisotopic (exact) mass is 184 g/mol. The van der Waals surface area contributed by atoms with E-state index in [2.05, 4.69) is 4.98 Å². The molecule has 0 aliphatic carbocycles. The summed E-state index contributed by atoms with van der Waals surface area (Å²) in [5, 5.41) is 10.3. The Labute approximate surface area is 73.3 Å². The van der Waals surface area contributed by atoms with Gasteiger partial charge in [-0.25, -0.2) is 9.55 Å². The van der Waals surface area contributed by atoms with Crippen LogP contribution in [-0.2, 0) is 18.3 Å². The molecule has 7 heteroatoms. The maximum atomic E-state index is 10.5. The first-order valence-corrected chi connectivity index (χ1v) is 3.45. The Kier molecular flexibility index (Phi) is 2.27. The molecule has 0 unspecified atom stereocenters. The number of aromatic nitrogens is 2. The van der Waals surface area contributed by atoms with E-state index in [0.29, 0.717) is 5.82 Å². The lowest BCUT2D eigenvalue weighted by molar-refractivity contribution is -0.391. The van der Waals surface area contributed by atoms with E-state index < -0.39 is 10.8 Å². The first kappa shape index (κ1) is 9.17. The molecule has 0 saturated heterocycles. The minimum absolute atomic E-state index is 0.0929. The lowest BCUT2D eigenvalue weighted by Crippen LogP contribution is -2.16. The number of amides is 1. The molecule has 0 atom stereocenters. The highest BCUT2D eigenvalue weighted by atomic mass is 16.6. The minimum atomic E-state index is -0.572. The van der Waals surface area contributed by atoms with Crippen molar-refractivity contribution in [2.75, 3.05) is 0 Å². The van der Waals surface area contributed by atoms with Crippen molar-refractivity contribution in [1.82, 2.24) is 9.55 Å². The van der Waals surface area contributed by atoms with Crippen LogP contribution in [0.2, 0.25) is 0 Å². The Hall–Kier alpha value is -1.92. The van der Waals surface area contributed by atoms with Crippen LogP contribution in [-0.4, -0.2) is 20.4 Å². The second kappa shape index (κ2) is 3.21. The quantitative estimate of drug-likeness (QED) is 0.498. The van der Waals surface area contributed by atoms with Gasteiger partial charge in [-0.05, 0) is 4.92 Å². The van der Waals surface area contributed by atoms with E-state index in [9.17, 15) is 14.9 Å². The van der Waals surface area contributed by atoms with E-state index in [4.69, 9.17) is 5.73 Å². The number of nitrogens with zero attached hydrogens (tertiary/aromatic N) is 3. The molecular formula is C6H8N4O3. The van der Waals surface area contributed by atoms with Crippen molar-refractivity contribution >= 4 is 11.7 Å². The van der Waals surface area contributed by atoms with Crippen LogP contribution in [0.4, 0.5) is 5.82 Å². The molecule has 1 aromatic rings. The van der Waals surface area contributed by atoms with Crippen molar-refractivity contribution < 1.29 is 9.72 Å². The molecule has 0 aliphatic heterocycles. The lowest BCUT2D eigenvalue weighted by atomic mass is 10.4. The van der Waals surface area contributed by atoms with Crippen molar-refractivity contribution in [1.29, 1.82) is 0 Å². The summed E-state index contributed by atoms with van der Waals surface area (Å²) in [7, 11) is 1.46. The lowest BCUT2D eigenvalue weighted by Gasteiger charge is -1.95. The predicted molar refractivity (Wildman–Crippen MR) is 42.8 cm³/mol. The fourth-order valence-electron chi connectivity index (χ4n) is 0.927. The van der Waals surface area contributed by atoms with Crippen molar-refractivity contribution in [3.05, 3.63) is 22.1 Å². The molecule has 13 heavy (non-hydrogen) atoms. The molecule has 0 aromatic carbocycles. The fourth-order valence-corrected chi connectivity index (χ4v) is 0.927. The van der Waals surface area contributed by atoms with Gasteiger partial charge in [0.2, 0.25) is 11.7 Å². The van der Waals surface area contributed by atoms with Gasteiger partial charge < -0.3 is 15.8 Å². The largest absolute Gasteiger partial charge is 0.369 e. The molecule has 0 fully saturated rings. The van der Waals surface area contributed by atoms with Gasteiger partial charge in [-0.3, -0.25) is 4.79 Å². The van der Waals surface area contributed by atoms with E-state index in [1.54, 1.807) is 0 Å². The number of carbonyl (C=O) groups is 1. The molecule has 0 aliphatic rings. The van der Waals surface area contributed by atoms with Crippen molar-refractivity contribution in [3.8, 4) is 0 Å². The normalized spacial score (nSPS) is 9.92. The molecular weight excluding hydrogens is 176 g/mol. The van der Waals surface area contributed by atoms with Crippen molar-refractivity contribution in [2.45, 2.75) is 6.42 Å². The van der Waals surface area contributed by atoms with Crippen molar-refractivity contribution in [2.24, 2.45) is 12.8 Å². The van der Waals surface area contributed by atoms with Gasteiger partial charge in [-0.1, -0.05) is 0 Å². The van der Waals surface area contributed by atoms with E-state index in [0.717, 1.165) is 6.20 Å². The molecule has 1 heterocycles. The Morgan fingerprint density at radius 2 is 2.46 bits per heavy atom. The maximum Gasteiger partial charge on any atom is 0.342 e. The van der Waals surface area contributed by atoms with E-state index in [1.807, 2.05) is 0 Å². The highest BCUT2D eigenvalue weighted by Gasteiger charge is 2.17. The summed E-state index contributed by atoms with van der Waals surface area (Å²) in [6.45, 7) is 0. The first-order valence-electron chi connectivity index (χ1n) is 3.45. The van der Waals surface area contributed by atoms with Gasteiger partial charge in [0, 0.05) is 0 Å². The Balaban J connectivity index is 2.99. The molecule has 1 rings (SSSR count).